The minimum Gasteiger partial charge on any atom is -0.431 e. The largest absolute Gasteiger partial charge is 0.452 e. The SMILES string of the molecule is COCCN(C)C1=[N+]=C(NC(=O)c2nc(-c3ccccc3N)oc2C(F)(F)F)C=C1. The molecule has 1 aliphatic rings. The van der Waals surface area contributed by atoms with Gasteiger partial charge in [0.25, 0.3) is 0 Å². The van der Waals surface area contributed by atoms with Crippen LogP contribution in [0.4, 0.5) is 18.9 Å². The Labute approximate surface area is 169 Å². The summed E-state index contributed by atoms with van der Waals surface area (Å²) in [7, 11) is 3.33. The maximum absolute atomic E-state index is 13.4. The second-order valence-corrected chi connectivity index (χ2v) is 6.34. The Morgan fingerprint density at radius 1 is 1.33 bits per heavy atom. The highest BCUT2D eigenvalue weighted by Gasteiger charge is 2.43. The molecular formula is C19H19F3N5O3+. The molecule has 1 aromatic heterocycles. The van der Waals surface area contributed by atoms with Crippen molar-refractivity contribution in [1.29, 1.82) is 0 Å². The maximum Gasteiger partial charge on any atom is 0.452 e. The van der Waals surface area contributed by atoms with Crippen LogP contribution < -0.4 is 15.7 Å². The number of hydrogen-bond acceptors (Lipinski definition) is 6. The predicted octanol–water partition coefficient (Wildman–Crippen LogP) is 1.68. The molecule has 1 aliphatic heterocycles. The van der Waals surface area contributed by atoms with Crippen molar-refractivity contribution in [1.82, 2.24) is 19.9 Å². The zero-order valence-electron chi connectivity index (χ0n) is 16.2. The molecule has 30 heavy (non-hydrogen) atoms. The van der Waals surface area contributed by atoms with Gasteiger partial charge < -0.3 is 14.9 Å². The second-order valence-electron chi connectivity index (χ2n) is 6.34. The van der Waals surface area contributed by atoms with Crippen LogP contribution in [0, 0.1) is 0 Å². The quantitative estimate of drug-likeness (QED) is 0.561. The number of amidine groups is 2. The molecule has 0 atom stereocenters. The van der Waals surface area contributed by atoms with Crippen molar-refractivity contribution in [2.24, 2.45) is 0 Å². The summed E-state index contributed by atoms with van der Waals surface area (Å²) in [5.74, 6) is -2.41. The first-order chi connectivity index (χ1) is 14.2. The summed E-state index contributed by atoms with van der Waals surface area (Å²) in [4.78, 5) is 18.0. The number of rotatable bonds is 5. The van der Waals surface area contributed by atoms with Crippen LogP contribution in [-0.4, -0.2) is 54.8 Å². The van der Waals surface area contributed by atoms with Gasteiger partial charge in [-0.3, -0.25) is 4.90 Å². The highest BCUT2D eigenvalue weighted by molar-refractivity contribution is 6.15. The second kappa shape index (κ2) is 8.44. The summed E-state index contributed by atoms with van der Waals surface area (Å²) >= 11 is 0. The van der Waals surface area contributed by atoms with Gasteiger partial charge in [-0.15, -0.1) is 0 Å². The monoisotopic (exact) mass is 422 g/mol. The number of nitrogens with zero attached hydrogens (tertiary/aromatic N) is 3. The lowest BCUT2D eigenvalue weighted by atomic mass is 10.2. The van der Waals surface area contributed by atoms with Gasteiger partial charge >= 0.3 is 23.8 Å². The summed E-state index contributed by atoms with van der Waals surface area (Å²) in [6.07, 6.45) is -1.83. The van der Waals surface area contributed by atoms with Gasteiger partial charge in [-0.25, -0.2) is 19.8 Å². The Bertz CT molecular complexity index is 1050. The first kappa shape index (κ1) is 21.2. The first-order valence-corrected chi connectivity index (χ1v) is 8.78. The van der Waals surface area contributed by atoms with E-state index in [9.17, 15) is 18.0 Å². The Hall–Kier alpha value is -3.56. The minimum absolute atomic E-state index is 0.0798. The summed E-state index contributed by atoms with van der Waals surface area (Å²) < 4.78 is 54.3. The Balaban J connectivity index is 1.90. The number of oxazole rings is 1. The molecule has 0 unspecified atom stereocenters. The van der Waals surface area contributed by atoms with Crippen molar-refractivity contribution < 1.29 is 27.1 Å². The van der Waals surface area contributed by atoms with Gasteiger partial charge in [-0.2, -0.15) is 13.2 Å². The number of amides is 1. The van der Waals surface area contributed by atoms with Crippen LogP contribution in [0.15, 0.2) is 40.8 Å². The molecule has 0 fully saturated rings. The number of nitrogens with one attached hydrogen (secondary N) is 1. The number of ether oxygens (including phenoxy) is 1. The summed E-state index contributed by atoms with van der Waals surface area (Å²) in [6.45, 7) is 1.01. The maximum atomic E-state index is 13.4. The molecule has 0 saturated carbocycles. The van der Waals surface area contributed by atoms with E-state index in [-0.39, 0.29) is 17.1 Å². The third-order valence-corrected chi connectivity index (χ3v) is 4.18. The third kappa shape index (κ3) is 4.53. The fourth-order valence-electron chi connectivity index (χ4n) is 2.63. The van der Waals surface area contributed by atoms with E-state index in [1.165, 1.54) is 18.2 Å². The topological polar surface area (TPSA) is 108 Å². The summed E-state index contributed by atoms with van der Waals surface area (Å²) in [5, 5.41) is 2.32. The van der Waals surface area contributed by atoms with Gasteiger partial charge in [-0.1, -0.05) is 12.1 Å². The number of halogens is 3. The lowest BCUT2D eigenvalue weighted by Crippen LogP contribution is -2.33. The van der Waals surface area contributed by atoms with Crippen LogP contribution in [-0.2, 0) is 10.9 Å². The number of likely N-dealkylation sites (N-methyl/N-ethyl adjacent to an activating group) is 1. The Kier molecular flexibility index (Phi) is 5.95. The molecule has 8 nitrogen and oxygen atoms in total. The van der Waals surface area contributed by atoms with Crippen LogP contribution in [0.25, 0.3) is 11.5 Å². The van der Waals surface area contributed by atoms with Crippen LogP contribution in [0.1, 0.15) is 16.2 Å². The minimum atomic E-state index is -4.92. The number of hydrogen-bond donors (Lipinski definition) is 2. The van der Waals surface area contributed by atoms with Crippen molar-refractivity contribution in [2.45, 2.75) is 6.18 Å². The van der Waals surface area contributed by atoms with E-state index in [2.05, 4.69) is 15.0 Å². The van der Waals surface area contributed by atoms with Crippen molar-refractivity contribution in [3.05, 3.63) is 47.9 Å². The normalized spacial score (nSPS) is 13.2. The Morgan fingerprint density at radius 3 is 2.73 bits per heavy atom. The van der Waals surface area contributed by atoms with Crippen molar-refractivity contribution in [2.75, 3.05) is 33.0 Å². The van der Waals surface area contributed by atoms with E-state index in [0.29, 0.717) is 19.0 Å². The molecule has 0 saturated heterocycles. The first-order valence-electron chi connectivity index (χ1n) is 8.78. The fourth-order valence-corrected chi connectivity index (χ4v) is 2.63. The predicted molar refractivity (Wildman–Crippen MR) is 105 cm³/mol. The number of nitrogens with two attached hydrogens (primary N) is 1. The third-order valence-electron chi connectivity index (χ3n) is 4.18. The smallest absolute Gasteiger partial charge is 0.431 e. The number of alkyl halides is 3. The average Bonchev–Trinajstić information content (AvgIpc) is 3.33. The number of aromatic nitrogens is 1. The average molecular weight is 422 g/mol. The molecular weight excluding hydrogens is 403 g/mol. The highest BCUT2D eigenvalue weighted by atomic mass is 19.4. The van der Waals surface area contributed by atoms with E-state index in [1.807, 2.05) is 0 Å². The number of nitrogen functional groups attached to an aromatic ring is 1. The van der Waals surface area contributed by atoms with Gasteiger partial charge in [0, 0.05) is 24.9 Å². The molecule has 2 aromatic rings. The number of anilines is 1. The zero-order valence-corrected chi connectivity index (χ0v) is 16.2. The lowest BCUT2D eigenvalue weighted by Gasteiger charge is -2.08. The molecule has 3 rings (SSSR count). The fraction of sp³-hybridized carbons (Fsp3) is 0.263. The number of benzene rings is 1. The standard InChI is InChI=1S/C19H18F3N5O3/c1-27(9-10-29-2)14-8-7-13(24-14)25-17(28)15-16(19(20,21)22)30-18(26-15)11-5-3-4-6-12(11)23/h3-8H,9-10H2,1-2H3,(H2,23,26)/p+1. The van der Waals surface area contributed by atoms with Gasteiger partial charge in [0.05, 0.1) is 25.8 Å². The van der Waals surface area contributed by atoms with Gasteiger partial charge in [0.1, 0.15) is 0 Å². The van der Waals surface area contributed by atoms with E-state index < -0.39 is 29.4 Å². The van der Waals surface area contributed by atoms with Gasteiger partial charge in [0.15, 0.2) is 5.69 Å². The van der Waals surface area contributed by atoms with Crippen molar-refractivity contribution >= 4 is 23.3 Å². The van der Waals surface area contributed by atoms with E-state index in [1.54, 1.807) is 37.3 Å². The lowest BCUT2D eigenvalue weighted by molar-refractivity contribution is -0.153. The van der Waals surface area contributed by atoms with Crippen molar-refractivity contribution in [3.63, 3.8) is 0 Å². The number of para-hydroxylation sites is 1. The number of carbonyl (C=O) groups is 1. The molecule has 0 spiro atoms. The molecule has 2 heterocycles. The van der Waals surface area contributed by atoms with E-state index >= 15 is 0 Å². The molecule has 158 valence electrons. The highest BCUT2D eigenvalue weighted by Crippen LogP contribution is 2.36. The molecule has 0 aliphatic carbocycles. The summed E-state index contributed by atoms with van der Waals surface area (Å²) in [6, 6.07) is 6.12. The van der Waals surface area contributed by atoms with Crippen LogP contribution in [0.5, 0.6) is 0 Å². The van der Waals surface area contributed by atoms with Crippen LogP contribution >= 0.6 is 0 Å². The van der Waals surface area contributed by atoms with Crippen molar-refractivity contribution in [3.8, 4) is 11.5 Å². The molecule has 0 radical (unpaired) electrons. The van der Waals surface area contributed by atoms with Crippen LogP contribution in [0.3, 0.4) is 0 Å². The van der Waals surface area contributed by atoms with Gasteiger partial charge in [-0.05, 0) is 12.1 Å². The van der Waals surface area contributed by atoms with Gasteiger partial charge in [0.2, 0.25) is 11.7 Å². The molecule has 1 amide bonds. The molecule has 1 aromatic carbocycles. The molecule has 0 bridgehead atoms. The number of methoxy groups -OCH3 is 1. The Morgan fingerprint density at radius 2 is 2.07 bits per heavy atom. The summed E-state index contributed by atoms with van der Waals surface area (Å²) in [5.41, 5.74) is 5.19. The molecule has 3 N–H and O–H groups in total. The molecule has 11 heteroatoms. The zero-order chi connectivity index (χ0) is 21.9. The van der Waals surface area contributed by atoms with Crippen LogP contribution in [0.2, 0.25) is 0 Å². The number of carbonyl (C=O) groups excluding carboxylic acids is 1. The van der Waals surface area contributed by atoms with E-state index in [4.69, 9.17) is 14.9 Å². The van der Waals surface area contributed by atoms with E-state index in [0.717, 1.165) is 0 Å².